The van der Waals surface area contributed by atoms with E-state index in [0.29, 0.717) is 35.5 Å². The summed E-state index contributed by atoms with van der Waals surface area (Å²) >= 11 is 0. The van der Waals surface area contributed by atoms with Crippen molar-refractivity contribution in [2.75, 3.05) is 50.2 Å². The number of benzene rings is 3. The highest BCUT2D eigenvalue weighted by Gasteiger charge is 2.24. The standard InChI is InChI=1S/C27H26N4O4/c1-34-24-11-7-6-10-23(24)29-14-16-30(17-15-29)27-28-22-18-19(26(33)35-2)12-13-21(22)25(32)31(27)20-8-4-3-5-9-20/h3-13,18H,14-17H2,1-2H3. The Morgan fingerprint density at radius 1 is 0.857 bits per heavy atom. The van der Waals surface area contributed by atoms with Crippen LogP contribution >= 0.6 is 0 Å². The van der Waals surface area contributed by atoms with Gasteiger partial charge in [-0.05, 0) is 42.5 Å². The lowest BCUT2D eigenvalue weighted by molar-refractivity contribution is 0.0601. The van der Waals surface area contributed by atoms with Gasteiger partial charge >= 0.3 is 5.97 Å². The molecule has 1 aliphatic rings. The van der Waals surface area contributed by atoms with Gasteiger partial charge in [-0.3, -0.25) is 4.79 Å². The van der Waals surface area contributed by atoms with Gasteiger partial charge in [-0.1, -0.05) is 30.3 Å². The fraction of sp³-hybridized carbons (Fsp3) is 0.222. The molecule has 8 nitrogen and oxygen atoms in total. The van der Waals surface area contributed by atoms with Crippen molar-refractivity contribution in [1.29, 1.82) is 0 Å². The topological polar surface area (TPSA) is 76.9 Å². The second-order valence-electron chi connectivity index (χ2n) is 8.26. The molecule has 0 unspecified atom stereocenters. The minimum atomic E-state index is -0.465. The molecule has 1 fully saturated rings. The second kappa shape index (κ2) is 9.50. The largest absolute Gasteiger partial charge is 0.495 e. The van der Waals surface area contributed by atoms with Gasteiger partial charge in [-0.15, -0.1) is 0 Å². The van der Waals surface area contributed by atoms with Gasteiger partial charge in [0.05, 0.1) is 42.1 Å². The molecule has 0 radical (unpaired) electrons. The maximum absolute atomic E-state index is 13.7. The Morgan fingerprint density at radius 3 is 2.26 bits per heavy atom. The first kappa shape index (κ1) is 22.5. The third kappa shape index (κ3) is 4.19. The van der Waals surface area contributed by atoms with Crippen molar-refractivity contribution in [3.05, 3.63) is 88.7 Å². The molecular formula is C27H26N4O4. The van der Waals surface area contributed by atoms with Crippen molar-refractivity contribution in [2.45, 2.75) is 0 Å². The highest BCUT2D eigenvalue weighted by Crippen LogP contribution is 2.29. The van der Waals surface area contributed by atoms with Crippen LogP contribution in [0.1, 0.15) is 10.4 Å². The summed E-state index contributed by atoms with van der Waals surface area (Å²) in [5.41, 5.74) is 2.43. The van der Waals surface area contributed by atoms with E-state index in [1.54, 1.807) is 29.9 Å². The molecule has 0 aliphatic carbocycles. The molecule has 35 heavy (non-hydrogen) atoms. The van der Waals surface area contributed by atoms with Gasteiger partial charge in [0.1, 0.15) is 5.75 Å². The van der Waals surface area contributed by atoms with Crippen LogP contribution in [0.4, 0.5) is 11.6 Å². The zero-order valence-electron chi connectivity index (χ0n) is 19.7. The van der Waals surface area contributed by atoms with Crippen molar-refractivity contribution in [1.82, 2.24) is 9.55 Å². The monoisotopic (exact) mass is 470 g/mol. The smallest absolute Gasteiger partial charge is 0.337 e. The molecule has 8 heteroatoms. The Morgan fingerprint density at radius 2 is 1.54 bits per heavy atom. The van der Waals surface area contributed by atoms with Gasteiger partial charge in [0.15, 0.2) is 0 Å². The molecule has 0 amide bonds. The number of rotatable bonds is 5. The number of carbonyl (C=O) groups is 1. The van der Waals surface area contributed by atoms with E-state index in [2.05, 4.69) is 15.9 Å². The highest BCUT2D eigenvalue weighted by atomic mass is 16.5. The summed E-state index contributed by atoms with van der Waals surface area (Å²) in [7, 11) is 3.01. The quantitative estimate of drug-likeness (QED) is 0.413. The van der Waals surface area contributed by atoms with E-state index >= 15 is 0 Å². The minimum absolute atomic E-state index is 0.181. The van der Waals surface area contributed by atoms with Crippen LogP contribution in [0.25, 0.3) is 16.6 Å². The van der Waals surface area contributed by atoms with Crippen LogP contribution in [0.15, 0.2) is 77.6 Å². The summed E-state index contributed by atoms with van der Waals surface area (Å²) in [6, 6.07) is 22.3. The number of hydrogen-bond acceptors (Lipinski definition) is 7. The molecule has 0 bridgehead atoms. The number of para-hydroxylation sites is 3. The van der Waals surface area contributed by atoms with Gasteiger partial charge in [-0.2, -0.15) is 0 Å². The summed E-state index contributed by atoms with van der Waals surface area (Å²) in [5.74, 6) is 0.921. The number of nitrogens with zero attached hydrogens (tertiary/aromatic N) is 4. The van der Waals surface area contributed by atoms with Crippen LogP contribution < -0.4 is 20.1 Å². The molecule has 1 saturated heterocycles. The first-order valence-electron chi connectivity index (χ1n) is 11.4. The SMILES string of the molecule is COC(=O)c1ccc2c(=O)n(-c3ccccc3)c(N3CCN(c4ccccc4OC)CC3)nc2c1. The number of carbonyl (C=O) groups excluding carboxylic acids is 1. The first-order valence-corrected chi connectivity index (χ1v) is 11.4. The Kier molecular flexibility index (Phi) is 6.10. The average Bonchev–Trinajstić information content (AvgIpc) is 2.92. The van der Waals surface area contributed by atoms with Gasteiger partial charge in [-0.25, -0.2) is 14.3 Å². The molecular weight excluding hydrogens is 444 g/mol. The van der Waals surface area contributed by atoms with Crippen molar-refractivity contribution in [3.63, 3.8) is 0 Å². The maximum Gasteiger partial charge on any atom is 0.337 e. The number of anilines is 2. The first-order chi connectivity index (χ1) is 17.1. The lowest BCUT2D eigenvalue weighted by Gasteiger charge is -2.37. The van der Waals surface area contributed by atoms with Crippen LogP contribution in [0.5, 0.6) is 5.75 Å². The van der Waals surface area contributed by atoms with Crippen LogP contribution in [0.2, 0.25) is 0 Å². The van der Waals surface area contributed by atoms with Crippen LogP contribution in [0, 0.1) is 0 Å². The van der Waals surface area contributed by atoms with E-state index in [1.807, 2.05) is 48.5 Å². The number of hydrogen-bond donors (Lipinski definition) is 0. The predicted octanol–water partition coefficient (Wildman–Crippen LogP) is 3.51. The van der Waals surface area contributed by atoms with E-state index in [4.69, 9.17) is 14.5 Å². The Hall–Kier alpha value is -4.33. The molecule has 5 rings (SSSR count). The molecule has 4 aromatic rings. The van der Waals surface area contributed by atoms with Gasteiger partial charge < -0.3 is 19.3 Å². The second-order valence-corrected chi connectivity index (χ2v) is 8.26. The number of methoxy groups -OCH3 is 2. The number of esters is 1. The molecule has 0 atom stereocenters. The van der Waals surface area contributed by atoms with E-state index in [-0.39, 0.29) is 5.56 Å². The van der Waals surface area contributed by atoms with Gasteiger partial charge in [0, 0.05) is 26.2 Å². The molecule has 0 N–H and O–H groups in total. The van der Waals surface area contributed by atoms with Crippen molar-refractivity contribution >= 4 is 28.5 Å². The van der Waals surface area contributed by atoms with E-state index in [0.717, 1.165) is 30.2 Å². The zero-order chi connectivity index (χ0) is 24.4. The number of aromatic nitrogens is 2. The van der Waals surface area contributed by atoms with Crippen molar-refractivity contribution in [2.24, 2.45) is 0 Å². The molecule has 0 saturated carbocycles. The summed E-state index contributed by atoms with van der Waals surface area (Å²) < 4.78 is 12.0. The summed E-state index contributed by atoms with van der Waals surface area (Å²) in [5, 5.41) is 0.443. The molecule has 1 aromatic heterocycles. The summed E-state index contributed by atoms with van der Waals surface area (Å²) in [4.78, 5) is 35.0. The van der Waals surface area contributed by atoms with Crippen molar-refractivity contribution < 1.29 is 14.3 Å². The van der Waals surface area contributed by atoms with Crippen LogP contribution in [0.3, 0.4) is 0 Å². The third-order valence-electron chi connectivity index (χ3n) is 6.28. The minimum Gasteiger partial charge on any atom is -0.495 e. The van der Waals surface area contributed by atoms with Gasteiger partial charge in [0.25, 0.3) is 5.56 Å². The molecule has 3 aromatic carbocycles. The molecule has 0 spiro atoms. The number of ether oxygens (including phenoxy) is 2. The van der Waals surface area contributed by atoms with E-state index in [1.165, 1.54) is 7.11 Å². The number of piperazine rings is 1. The summed E-state index contributed by atoms with van der Waals surface area (Å²) in [6.07, 6.45) is 0. The third-order valence-corrected chi connectivity index (χ3v) is 6.28. The molecule has 2 heterocycles. The van der Waals surface area contributed by atoms with Crippen LogP contribution in [-0.4, -0.2) is 55.9 Å². The average molecular weight is 471 g/mol. The van der Waals surface area contributed by atoms with Crippen LogP contribution in [-0.2, 0) is 4.74 Å². The molecule has 178 valence electrons. The maximum atomic E-state index is 13.7. The Bertz CT molecular complexity index is 1430. The molecule has 1 aliphatic heterocycles. The Balaban J connectivity index is 1.56. The lowest BCUT2D eigenvalue weighted by atomic mass is 10.1. The number of fused-ring (bicyclic) bond motifs is 1. The fourth-order valence-electron chi connectivity index (χ4n) is 4.48. The van der Waals surface area contributed by atoms with Gasteiger partial charge in [0.2, 0.25) is 5.95 Å². The Labute approximate surface area is 202 Å². The lowest BCUT2D eigenvalue weighted by Crippen LogP contribution is -2.48. The van der Waals surface area contributed by atoms with E-state index in [9.17, 15) is 9.59 Å². The predicted molar refractivity (Wildman–Crippen MR) is 136 cm³/mol. The zero-order valence-corrected chi connectivity index (χ0v) is 19.7. The van der Waals surface area contributed by atoms with Crippen molar-refractivity contribution in [3.8, 4) is 11.4 Å². The highest BCUT2D eigenvalue weighted by molar-refractivity contribution is 5.94. The summed E-state index contributed by atoms with van der Waals surface area (Å²) in [6.45, 7) is 2.82. The van der Waals surface area contributed by atoms with E-state index < -0.39 is 5.97 Å². The normalized spacial score (nSPS) is 13.7. The fourth-order valence-corrected chi connectivity index (χ4v) is 4.48.